The molecule has 0 bridgehead atoms. The number of aromatic carboxylic acids is 1. The maximum absolute atomic E-state index is 10.8. The quantitative estimate of drug-likeness (QED) is 0.831. The zero-order valence-electron chi connectivity index (χ0n) is 8.74. The molecule has 2 rings (SSSR count). The van der Waals surface area contributed by atoms with Crippen molar-refractivity contribution in [2.45, 2.75) is 19.3 Å². The molecule has 2 N–H and O–H groups in total. The van der Waals surface area contributed by atoms with Crippen LogP contribution in [-0.4, -0.2) is 22.6 Å². The van der Waals surface area contributed by atoms with Crippen LogP contribution in [0.4, 0.5) is 5.82 Å². The Morgan fingerprint density at radius 3 is 2.94 bits per heavy atom. The average Bonchev–Trinajstić information content (AvgIpc) is 3.04. The number of carboxylic acids is 1. The molecule has 0 saturated heterocycles. The van der Waals surface area contributed by atoms with E-state index in [1.807, 2.05) is 0 Å². The van der Waals surface area contributed by atoms with Crippen molar-refractivity contribution in [2.75, 3.05) is 11.9 Å². The van der Waals surface area contributed by atoms with Crippen molar-refractivity contribution in [1.29, 1.82) is 0 Å². The zero-order chi connectivity index (χ0) is 11.5. The molecule has 0 atom stereocenters. The van der Waals surface area contributed by atoms with Crippen LogP contribution in [0.3, 0.4) is 0 Å². The van der Waals surface area contributed by atoms with Crippen molar-refractivity contribution in [1.82, 2.24) is 4.98 Å². The molecular weight excluding hydrogens is 228 g/mol. The van der Waals surface area contributed by atoms with Crippen LogP contribution < -0.4 is 5.32 Å². The number of carbonyl (C=O) groups is 1. The summed E-state index contributed by atoms with van der Waals surface area (Å²) >= 11 is 5.71. The van der Waals surface area contributed by atoms with Gasteiger partial charge in [0.2, 0.25) is 0 Å². The molecule has 1 aliphatic carbocycles. The van der Waals surface area contributed by atoms with Crippen molar-refractivity contribution < 1.29 is 9.90 Å². The maximum Gasteiger partial charge on any atom is 0.356 e. The SMILES string of the molecule is O=C(O)c1nc(NCCC2CC2)ccc1Cl. The van der Waals surface area contributed by atoms with Crippen molar-refractivity contribution in [3.8, 4) is 0 Å². The van der Waals surface area contributed by atoms with Gasteiger partial charge in [0.15, 0.2) is 5.69 Å². The first-order chi connectivity index (χ1) is 7.66. The highest BCUT2D eigenvalue weighted by molar-refractivity contribution is 6.33. The summed E-state index contributed by atoms with van der Waals surface area (Å²) in [7, 11) is 0. The van der Waals surface area contributed by atoms with Gasteiger partial charge in [0.1, 0.15) is 5.82 Å². The number of aromatic nitrogens is 1. The van der Waals surface area contributed by atoms with E-state index >= 15 is 0 Å². The number of nitrogens with one attached hydrogen (secondary N) is 1. The third-order valence-corrected chi connectivity index (χ3v) is 2.91. The monoisotopic (exact) mass is 240 g/mol. The molecule has 1 aromatic heterocycles. The van der Waals surface area contributed by atoms with Gasteiger partial charge in [-0.2, -0.15) is 0 Å². The van der Waals surface area contributed by atoms with Gasteiger partial charge in [0.05, 0.1) is 5.02 Å². The number of carboxylic acid groups (broad SMARTS) is 1. The van der Waals surface area contributed by atoms with E-state index in [2.05, 4.69) is 10.3 Å². The molecule has 0 unspecified atom stereocenters. The number of hydrogen-bond acceptors (Lipinski definition) is 3. The summed E-state index contributed by atoms with van der Waals surface area (Å²) in [5.74, 6) is 0.317. The minimum atomic E-state index is -1.10. The van der Waals surface area contributed by atoms with E-state index in [0.717, 1.165) is 18.9 Å². The minimum Gasteiger partial charge on any atom is -0.476 e. The zero-order valence-corrected chi connectivity index (χ0v) is 9.50. The van der Waals surface area contributed by atoms with Crippen LogP contribution in [-0.2, 0) is 0 Å². The second-order valence-electron chi connectivity index (χ2n) is 3.99. The second kappa shape index (κ2) is 4.70. The highest BCUT2D eigenvalue weighted by atomic mass is 35.5. The minimum absolute atomic E-state index is 0.0990. The molecule has 16 heavy (non-hydrogen) atoms. The van der Waals surface area contributed by atoms with Crippen LogP contribution in [0.15, 0.2) is 12.1 Å². The lowest BCUT2D eigenvalue weighted by Crippen LogP contribution is -2.08. The Balaban J connectivity index is 1.97. The van der Waals surface area contributed by atoms with E-state index in [9.17, 15) is 4.79 Å². The maximum atomic E-state index is 10.8. The Morgan fingerprint density at radius 1 is 1.56 bits per heavy atom. The van der Waals surface area contributed by atoms with Gasteiger partial charge in [-0.1, -0.05) is 24.4 Å². The Kier molecular flexibility index (Phi) is 3.29. The Hall–Kier alpha value is -1.29. The van der Waals surface area contributed by atoms with E-state index in [4.69, 9.17) is 16.7 Å². The van der Waals surface area contributed by atoms with Crippen LogP contribution in [0.25, 0.3) is 0 Å². The highest BCUT2D eigenvalue weighted by Gasteiger charge is 2.20. The topological polar surface area (TPSA) is 62.2 Å². The van der Waals surface area contributed by atoms with E-state index in [1.165, 1.54) is 12.8 Å². The lowest BCUT2D eigenvalue weighted by atomic mass is 10.3. The molecule has 4 nitrogen and oxygen atoms in total. The number of hydrogen-bond donors (Lipinski definition) is 2. The van der Waals surface area contributed by atoms with Gasteiger partial charge in [-0.05, 0) is 24.5 Å². The summed E-state index contributed by atoms with van der Waals surface area (Å²) in [6, 6.07) is 3.25. The van der Waals surface area contributed by atoms with Crippen LogP contribution in [0.1, 0.15) is 29.8 Å². The smallest absolute Gasteiger partial charge is 0.356 e. The van der Waals surface area contributed by atoms with Crippen LogP contribution >= 0.6 is 11.6 Å². The molecule has 0 aromatic carbocycles. The predicted molar refractivity (Wildman–Crippen MR) is 62.0 cm³/mol. The van der Waals surface area contributed by atoms with Crippen molar-refractivity contribution in [3.05, 3.63) is 22.8 Å². The first-order valence-corrected chi connectivity index (χ1v) is 5.68. The lowest BCUT2D eigenvalue weighted by Gasteiger charge is -2.06. The average molecular weight is 241 g/mol. The molecule has 0 amide bonds. The van der Waals surface area contributed by atoms with E-state index in [1.54, 1.807) is 12.1 Å². The fourth-order valence-electron chi connectivity index (χ4n) is 1.50. The van der Waals surface area contributed by atoms with Gasteiger partial charge in [-0.15, -0.1) is 0 Å². The summed E-state index contributed by atoms with van der Waals surface area (Å²) in [5.41, 5.74) is -0.0990. The van der Waals surface area contributed by atoms with Crippen molar-refractivity contribution in [3.63, 3.8) is 0 Å². The first-order valence-electron chi connectivity index (χ1n) is 5.30. The predicted octanol–water partition coefficient (Wildman–Crippen LogP) is 2.65. The summed E-state index contributed by atoms with van der Waals surface area (Å²) < 4.78 is 0. The third kappa shape index (κ3) is 2.85. The molecule has 1 heterocycles. The molecule has 1 saturated carbocycles. The Morgan fingerprint density at radius 2 is 2.31 bits per heavy atom. The van der Waals surface area contributed by atoms with E-state index < -0.39 is 5.97 Å². The summed E-state index contributed by atoms with van der Waals surface area (Å²) in [6.45, 7) is 0.832. The summed E-state index contributed by atoms with van der Waals surface area (Å²) in [5, 5.41) is 12.1. The fraction of sp³-hybridized carbons (Fsp3) is 0.455. The fourth-order valence-corrected chi connectivity index (χ4v) is 1.69. The van der Waals surface area contributed by atoms with Crippen LogP contribution in [0.2, 0.25) is 5.02 Å². The number of nitrogens with zero attached hydrogens (tertiary/aromatic N) is 1. The number of rotatable bonds is 5. The van der Waals surface area contributed by atoms with E-state index in [0.29, 0.717) is 5.82 Å². The number of pyridine rings is 1. The standard InChI is InChI=1S/C11H13ClN2O2/c12-8-3-4-9(14-10(8)11(15)16)13-6-5-7-1-2-7/h3-4,7H,1-2,5-6H2,(H,13,14)(H,15,16). The number of anilines is 1. The van der Waals surface area contributed by atoms with Gasteiger partial charge >= 0.3 is 5.97 Å². The Labute approximate surface area is 98.6 Å². The van der Waals surface area contributed by atoms with Gasteiger partial charge in [0.25, 0.3) is 0 Å². The molecule has 86 valence electrons. The van der Waals surface area contributed by atoms with Crippen LogP contribution in [0.5, 0.6) is 0 Å². The first kappa shape index (κ1) is 11.2. The van der Waals surface area contributed by atoms with Crippen LogP contribution in [0, 0.1) is 5.92 Å². The van der Waals surface area contributed by atoms with Crippen molar-refractivity contribution in [2.24, 2.45) is 5.92 Å². The van der Waals surface area contributed by atoms with Gasteiger partial charge in [-0.3, -0.25) is 0 Å². The molecule has 0 radical (unpaired) electrons. The summed E-state index contributed by atoms with van der Waals surface area (Å²) in [4.78, 5) is 14.7. The Bertz CT molecular complexity index is 405. The third-order valence-electron chi connectivity index (χ3n) is 2.60. The van der Waals surface area contributed by atoms with E-state index in [-0.39, 0.29) is 10.7 Å². The molecule has 5 heteroatoms. The normalized spacial score (nSPS) is 14.8. The molecule has 0 aliphatic heterocycles. The van der Waals surface area contributed by atoms with Gasteiger partial charge < -0.3 is 10.4 Å². The molecule has 1 aromatic rings. The highest BCUT2D eigenvalue weighted by Crippen LogP contribution is 2.32. The van der Waals surface area contributed by atoms with Crippen molar-refractivity contribution >= 4 is 23.4 Å². The molecular formula is C11H13ClN2O2. The largest absolute Gasteiger partial charge is 0.476 e. The second-order valence-corrected chi connectivity index (χ2v) is 4.40. The van der Waals surface area contributed by atoms with Gasteiger partial charge in [-0.25, -0.2) is 9.78 Å². The summed E-state index contributed by atoms with van der Waals surface area (Å²) in [6.07, 6.45) is 3.75. The van der Waals surface area contributed by atoms with Gasteiger partial charge in [0, 0.05) is 6.54 Å². The lowest BCUT2D eigenvalue weighted by molar-refractivity contribution is 0.0691. The molecule has 0 spiro atoms. The molecule has 1 fully saturated rings. The molecule has 1 aliphatic rings. The number of halogens is 1.